The average molecular weight is 228 g/mol. The Kier molecular flexibility index (Phi) is 3.62. The van der Waals surface area contributed by atoms with Crippen LogP contribution in [0.5, 0.6) is 0 Å². The minimum Gasteiger partial charge on any atom is -0.479 e. The van der Waals surface area contributed by atoms with E-state index in [1.54, 1.807) is 0 Å². The van der Waals surface area contributed by atoms with Crippen LogP contribution in [-0.4, -0.2) is 26.9 Å². The van der Waals surface area contributed by atoms with Gasteiger partial charge in [0, 0.05) is 5.56 Å². The molecule has 2 atom stereocenters. The van der Waals surface area contributed by atoms with Gasteiger partial charge in [0.2, 0.25) is 0 Å². The highest BCUT2D eigenvalue weighted by molar-refractivity contribution is 5.78. The zero-order chi connectivity index (χ0) is 12.3. The molecule has 0 aromatic heterocycles. The van der Waals surface area contributed by atoms with Crippen LogP contribution in [-0.2, 0) is 4.79 Å². The molecule has 16 heavy (non-hydrogen) atoms. The minimum atomic E-state index is -2.37. The van der Waals surface area contributed by atoms with E-state index in [1.165, 1.54) is 25.1 Å². The first-order chi connectivity index (χ1) is 7.43. The van der Waals surface area contributed by atoms with Crippen molar-refractivity contribution in [3.63, 3.8) is 0 Å². The molecule has 0 saturated heterocycles. The van der Waals surface area contributed by atoms with Gasteiger partial charge in [0.1, 0.15) is 11.9 Å². The quantitative estimate of drug-likeness (QED) is 0.720. The molecule has 0 amide bonds. The number of hydrogen-bond donors (Lipinski definition) is 3. The van der Waals surface area contributed by atoms with Crippen molar-refractivity contribution in [3.05, 3.63) is 35.6 Å². The van der Waals surface area contributed by atoms with E-state index < -0.39 is 23.5 Å². The van der Waals surface area contributed by atoms with Crippen molar-refractivity contribution in [1.29, 1.82) is 0 Å². The standard InChI is InChI=1S/C11H13FO4/c1-2-11(16,10(14)15)9(13)7-5-3-4-6-8(7)12/h3-6,9,13,16H,2H2,1H3,(H,14,15)/t9-,11-/m0/s1. The lowest BCUT2D eigenvalue weighted by Gasteiger charge is -2.27. The van der Waals surface area contributed by atoms with Gasteiger partial charge in [-0.15, -0.1) is 0 Å². The third-order valence-corrected chi connectivity index (χ3v) is 2.56. The van der Waals surface area contributed by atoms with E-state index in [9.17, 15) is 19.4 Å². The molecule has 0 radical (unpaired) electrons. The highest BCUT2D eigenvalue weighted by Crippen LogP contribution is 2.30. The number of aliphatic hydroxyl groups is 2. The summed E-state index contributed by atoms with van der Waals surface area (Å²) >= 11 is 0. The molecule has 0 unspecified atom stereocenters. The zero-order valence-corrected chi connectivity index (χ0v) is 8.72. The van der Waals surface area contributed by atoms with E-state index >= 15 is 0 Å². The van der Waals surface area contributed by atoms with Crippen LogP contribution in [0.15, 0.2) is 24.3 Å². The molecule has 0 aliphatic carbocycles. The average Bonchev–Trinajstić information content (AvgIpc) is 2.27. The van der Waals surface area contributed by atoms with Crippen LogP contribution in [0.2, 0.25) is 0 Å². The van der Waals surface area contributed by atoms with Gasteiger partial charge in [-0.25, -0.2) is 9.18 Å². The number of rotatable bonds is 4. The van der Waals surface area contributed by atoms with Crippen LogP contribution in [0.3, 0.4) is 0 Å². The van der Waals surface area contributed by atoms with Gasteiger partial charge in [0.25, 0.3) is 0 Å². The van der Waals surface area contributed by atoms with Crippen molar-refractivity contribution in [1.82, 2.24) is 0 Å². The van der Waals surface area contributed by atoms with Crippen molar-refractivity contribution in [2.45, 2.75) is 25.0 Å². The van der Waals surface area contributed by atoms with Crippen LogP contribution in [0.25, 0.3) is 0 Å². The summed E-state index contributed by atoms with van der Waals surface area (Å²) in [5.41, 5.74) is -2.60. The van der Waals surface area contributed by atoms with Gasteiger partial charge in [-0.05, 0) is 12.5 Å². The Labute approximate surface area is 92.0 Å². The van der Waals surface area contributed by atoms with Crippen molar-refractivity contribution in [2.24, 2.45) is 0 Å². The summed E-state index contributed by atoms with van der Waals surface area (Å²) in [6.45, 7) is 1.40. The first-order valence-corrected chi connectivity index (χ1v) is 4.81. The molecule has 5 heteroatoms. The van der Waals surface area contributed by atoms with Crippen molar-refractivity contribution >= 4 is 5.97 Å². The van der Waals surface area contributed by atoms with Crippen LogP contribution >= 0.6 is 0 Å². The number of aliphatic carboxylic acids is 1. The van der Waals surface area contributed by atoms with Gasteiger partial charge in [-0.3, -0.25) is 0 Å². The lowest BCUT2D eigenvalue weighted by molar-refractivity contribution is -0.173. The fourth-order valence-electron chi connectivity index (χ4n) is 1.42. The molecule has 0 bridgehead atoms. The van der Waals surface area contributed by atoms with Crippen LogP contribution < -0.4 is 0 Å². The van der Waals surface area contributed by atoms with Gasteiger partial charge in [0.15, 0.2) is 5.60 Å². The summed E-state index contributed by atoms with van der Waals surface area (Å²) in [7, 11) is 0. The maximum atomic E-state index is 13.3. The Hall–Kier alpha value is -1.46. The van der Waals surface area contributed by atoms with E-state index in [0.29, 0.717) is 0 Å². The molecule has 0 saturated carbocycles. The van der Waals surface area contributed by atoms with Gasteiger partial charge in [-0.2, -0.15) is 0 Å². The molecule has 88 valence electrons. The van der Waals surface area contributed by atoms with Crippen molar-refractivity contribution in [3.8, 4) is 0 Å². The predicted molar refractivity (Wildman–Crippen MR) is 54.2 cm³/mol. The highest BCUT2D eigenvalue weighted by atomic mass is 19.1. The van der Waals surface area contributed by atoms with Gasteiger partial charge in [-0.1, -0.05) is 25.1 Å². The van der Waals surface area contributed by atoms with E-state index in [4.69, 9.17) is 5.11 Å². The second-order valence-corrected chi connectivity index (χ2v) is 3.51. The maximum absolute atomic E-state index is 13.3. The van der Waals surface area contributed by atoms with Gasteiger partial charge >= 0.3 is 5.97 Å². The summed E-state index contributed by atoms with van der Waals surface area (Å²) in [5.74, 6) is -2.33. The Bertz CT molecular complexity index is 393. The third kappa shape index (κ3) is 2.05. The second kappa shape index (κ2) is 4.59. The van der Waals surface area contributed by atoms with E-state index in [2.05, 4.69) is 0 Å². The molecule has 3 N–H and O–H groups in total. The van der Waals surface area contributed by atoms with Gasteiger partial charge < -0.3 is 15.3 Å². The van der Waals surface area contributed by atoms with E-state index in [1.807, 2.05) is 0 Å². The van der Waals surface area contributed by atoms with E-state index in [-0.39, 0.29) is 12.0 Å². The molecule has 1 rings (SSSR count). The van der Waals surface area contributed by atoms with Crippen LogP contribution in [0.1, 0.15) is 25.0 Å². The fourth-order valence-corrected chi connectivity index (χ4v) is 1.42. The summed E-state index contributed by atoms with van der Waals surface area (Å²) in [4.78, 5) is 10.8. The van der Waals surface area contributed by atoms with Crippen molar-refractivity contribution < 1.29 is 24.5 Å². The second-order valence-electron chi connectivity index (χ2n) is 3.51. The number of carboxylic acids is 1. The molecule has 0 fully saturated rings. The lowest BCUT2D eigenvalue weighted by atomic mass is 9.88. The summed E-state index contributed by atoms with van der Waals surface area (Å²) in [6.07, 6.45) is -2.02. The summed E-state index contributed by atoms with van der Waals surface area (Å²) < 4.78 is 13.3. The number of halogens is 1. The molecule has 0 aliphatic heterocycles. The summed E-state index contributed by atoms with van der Waals surface area (Å²) in [6, 6.07) is 5.21. The zero-order valence-electron chi connectivity index (χ0n) is 8.72. The smallest absolute Gasteiger partial charge is 0.338 e. The molecule has 1 aromatic carbocycles. The number of benzene rings is 1. The first kappa shape index (κ1) is 12.6. The third-order valence-electron chi connectivity index (χ3n) is 2.56. The largest absolute Gasteiger partial charge is 0.479 e. The Morgan fingerprint density at radius 3 is 2.50 bits per heavy atom. The number of carboxylic acid groups (broad SMARTS) is 1. The number of carbonyl (C=O) groups is 1. The maximum Gasteiger partial charge on any atom is 0.338 e. The number of aliphatic hydroxyl groups excluding tert-OH is 1. The monoisotopic (exact) mass is 228 g/mol. The molecular formula is C11H13FO4. The Morgan fingerprint density at radius 2 is 2.06 bits per heavy atom. The summed E-state index contributed by atoms with van der Waals surface area (Å²) in [5, 5.41) is 28.3. The molecule has 0 heterocycles. The molecule has 1 aromatic rings. The Morgan fingerprint density at radius 1 is 1.50 bits per heavy atom. The minimum absolute atomic E-state index is 0.224. The normalized spacial score (nSPS) is 16.5. The molecule has 0 aliphatic rings. The topological polar surface area (TPSA) is 77.8 Å². The Balaban J connectivity index is 3.15. The highest BCUT2D eigenvalue weighted by Gasteiger charge is 2.43. The van der Waals surface area contributed by atoms with Crippen LogP contribution in [0, 0.1) is 5.82 Å². The molecule has 0 spiro atoms. The SMILES string of the molecule is CC[C@@](O)(C(=O)O)[C@@H](O)c1ccccc1F. The molecule has 4 nitrogen and oxygen atoms in total. The first-order valence-electron chi connectivity index (χ1n) is 4.81. The van der Waals surface area contributed by atoms with E-state index in [0.717, 1.165) is 6.07 Å². The molecular weight excluding hydrogens is 215 g/mol. The number of hydrogen-bond acceptors (Lipinski definition) is 3. The van der Waals surface area contributed by atoms with Crippen LogP contribution in [0.4, 0.5) is 4.39 Å². The van der Waals surface area contributed by atoms with Gasteiger partial charge in [0.05, 0.1) is 0 Å². The lowest BCUT2D eigenvalue weighted by Crippen LogP contribution is -2.44. The van der Waals surface area contributed by atoms with Crippen molar-refractivity contribution in [2.75, 3.05) is 0 Å². The predicted octanol–water partition coefficient (Wildman–Crippen LogP) is 1.08. The fraction of sp³-hybridized carbons (Fsp3) is 0.364.